The zero-order valence-electron chi connectivity index (χ0n) is 13.8. The van der Waals surface area contributed by atoms with Gasteiger partial charge in [-0.15, -0.1) is 0 Å². The van der Waals surface area contributed by atoms with Crippen LogP contribution in [0.15, 0.2) is 0 Å². The van der Waals surface area contributed by atoms with E-state index in [9.17, 15) is 0 Å². The van der Waals surface area contributed by atoms with E-state index >= 15 is 0 Å². The number of nitrogens with zero attached hydrogens (tertiary/aromatic N) is 1. The summed E-state index contributed by atoms with van der Waals surface area (Å²) in [6, 6.07) is 0.507. The minimum Gasteiger partial charge on any atom is -0.377 e. The van der Waals surface area contributed by atoms with Crippen molar-refractivity contribution in [3.05, 3.63) is 0 Å². The van der Waals surface area contributed by atoms with Crippen LogP contribution in [0.3, 0.4) is 0 Å². The van der Waals surface area contributed by atoms with Crippen molar-refractivity contribution >= 4 is 0 Å². The summed E-state index contributed by atoms with van der Waals surface area (Å²) in [5, 5.41) is 3.65. The zero-order chi connectivity index (χ0) is 14.4. The van der Waals surface area contributed by atoms with E-state index in [4.69, 9.17) is 4.74 Å². The molecular formula is C17H34N2O. The summed E-state index contributed by atoms with van der Waals surface area (Å²) < 4.78 is 5.74. The molecule has 2 unspecified atom stereocenters. The van der Waals surface area contributed by atoms with Crippen LogP contribution in [-0.2, 0) is 4.74 Å². The first-order valence-electron chi connectivity index (χ1n) is 8.76. The average Bonchev–Trinajstić information content (AvgIpc) is 3.02. The number of piperidine rings is 1. The molecule has 20 heavy (non-hydrogen) atoms. The summed E-state index contributed by atoms with van der Waals surface area (Å²) in [5.74, 6) is 0. The number of nitrogens with one attached hydrogen (secondary N) is 1. The Labute approximate surface area is 125 Å². The van der Waals surface area contributed by atoms with Gasteiger partial charge in [-0.25, -0.2) is 0 Å². The van der Waals surface area contributed by atoms with Crippen molar-refractivity contribution in [2.45, 2.75) is 71.4 Å². The van der Waals surface area contributed by atoms with Crippen LogP contribution in [0.5, 0.6) is 0 Å². The summed E-state index contributed by atoms with van der Waals surface area (Å²) in [4.78, 5) is 2.64. The lowest BCUT2D eigenvalue weighted by molar-refractivity contribution is 0.0766. The van der Waals surface area contributed by atoms with E-state index in [-0.39, 0.29) is 0 Å². The molecule has 2 saturated heterocycles. The van der Waals surface area contributed by atoms with E-state index in [0.717, 1.165) is 13.2 Å². The predicted molar refractivity (Wildman–Crippen MR) is 85.1 cm³/mol. The number of likely N-dealkylation sites (tertiary alicyclic amines) is 1. The van der Waals surface area contributed by atoms with Gasteiger partial charge < -0.3 is 15.0 Å². The minimum absolute atomic E-state index is 0.448. The van der Waals surface area contributed by atoms with Crippen molar-refractivity contribution in [2.24, 2.45) is 5.41 Å². The fourth-order valence-electron chi connectivity index (χ4n) is 3.79. The molecule has 2 fully saturated rings. The molecule has 0 aromatic rings. The molecule has 0 aliphatic carbocycles. The monoisotopic (exact) mass is 282 g/mol. The minimum atomic E-state index is 0.448. The Morgan fingerprint density at radius 3 is 2.50 bits per heavy atom. The SMILES string of the molecule is CCC1(CC)CCN(CCNC(C)C2CCCO2)CC1. The number of hydrogen-bond acceptors (Lipinski definition) is 3. The third-order valence-corrected chi connectivity index (χ3v) is 5.83. The fourth-order valence-corrected chi connectivity index (χ4v) is 3.79. The van der Waals surface area contributed by atoms with E-state index in [1.54, 1.807) is 0 Å². The average molecular weight is 282 g/mol. The summed E-state index contributed by atoms with van der Waals surface area (Å²) in [6.07, 6.45) is 8.40. The quantitative estimate of drug-likeness (QED) is 0.777. The van der Waals surface area contributed by atoms with Crippen molar-refractivity contribution in [3.63, 3.8) is 0 Å². The molecule has 0 aromatic carbocycles. The second-order valence-electron chi connectivity index (χ2n) is 6.84. The molecule has 2 aliphatic heterocycles. The molecule has 2 rings (SSSR count). The van der Waals surface area contributed by atoms with Crippen molar-refractivity contribution in [1.29, 1.82) is 0 Å². The van der Waals surface area contributed by atoms with Gasteiger partial charge >= 0.3 is 0 Å². The Morgan fingerprint density at radius 2 is 1.95 bits per heavy atom. The number of hydrogen-bond donors (Lipinski definition) is 1. The van der Waals surface area contributed by atoms with Gasteiger partial charge in [-0.1, -0.05) is 26.7 Å². The summed E-state index contributed by atoms with van der Waals surface area (Å²) in [5.41, 5.74) is 0.648. The Bertz CT molecular complexity index is 262. The second-order valence-corrected chi connectivity index (χ2v) is 6.84. The van der Waals surface area contributed by atoms with Crippen LogP contribution in [0.2, 0.25) is 0 Å². The van der Waals surface area contributed by atoms with Gasteiger partial charge in [0.15, 0.2) is 0 Å². The molecule has 0 radical (unpaired) electrons. The molecule has 2 atom stereocenters. The molecular weight excluding hydrogens is 248 g/mol. The maximum Gasteiger partial charge on any atom is 0.0726 e. The lowest BCUT2D eigenvalue weighted by Gasteiger charge is -2.41. The topological polar surface area (TPSA) is 24.5 Å². The Hall–Kier alpha value is -0.120. The largest absolute Gasteiger partial charge is 0.377 e. The van der Waals surface area contributed by atoms with Crippen molar-refractivity contribution < 1.29 is 4.74 Å². The zero-order valence-corrected chi connectivity index (χ0v) is 13.8. The van der Waals surface area contributed by atoms with Gasteiger partial charge in [-0.2, -0.15) is 0 Å². The Morgan fingerprint density at radius 1 is 1.25 bits per heavy atom. The fraction of sp³-hybridized carbons (Fsp3) is 1.00. The first kappa shape index (κ1) is 16.3. The van der Waals surface area contributed by atoms with Crippen molar-refractivity contribution in [2.75, 3.05) is 32.8 Å². The maximum absolute atomic E-state index is 5.74. The van der Waals surface area contributed by atoms with E-state index in [0.29, 0.717) is 17.6 Å². The Kier molecular flexibility index (Phi) is 6.31. The van der Waals surface area contributed by atoms with Crippen LogP contribution in [0.1, 0.15) is 59.3 Å². The van der Waals surface area contributed by atoms with Gasteiger partial charge in [-0.3, -0.25) is 0 Å². The van der Waals surface area contributed by atoms with E-state index in [1.807, 2.05) is 0 Å². The van der Waals surface area contributed by atoms with Crippen LogP contribution < -0.4 is 5.32 Å². The predicted octanol–water partition coefficient (Wildman–Crippen LogP) is 3.05. The van der Waals surface area contributed by atoms with Crippen LogP contribution in [0, 0.1) is 5.41 Å². The third kappa shape index (κ3) is 4.19. The first-order valence-corrected chi connectivity index (χ1v) is 8.76. The van der Waals surface area contributed by atoms with Gasteiger partial charge in [0, 0.05) is 25.7 Å². The van der Waals surface area contributed by atoms with Crippen molar-refractivity contribution in [3.8, 4) is 0 Å². The van der Waals surface area contributed by atoms with Crippen molar-refractivity contribution in [1.82, 2.24) is 10.2 Å². The third-order valence-electron chi connectivity index (χ3n) is 5.83. The smallest absolute Gasteiger partial charge is 0.0726 e. The maximum atomic E-state index is 5.74. The molecule has 0 bridgehead atoms. The highest BCUT2D eigenvalue weighted by Crippen LogP contribution is 2.37. The highest BCUT2D eigenvalue weighted by atomic mass is 16.5. The van der Waals surface area contributed by atoms with E-state index in [2.05, 4.69) is 31.0 Å². The normalized spacial score (nSPS) is 28.6. The lowest BCUT2D eigenvalue weighted by atomic mass is 9.74. The second kappa shape index (κ2) is 7.77. The highest BCUT2D eigenvalue weighted by Gasteiger charge is 2.31. The molecule has 2 heterocycles. The number of rotatable bonds is 7. The molecule has 118 valence electrons. The molecule has 0 spiro atoms. The van der Waals surface area contributed by atoms with Crippen LogP contribution in [0.4, 0.5) is 0 Å². The van der Waals surface area contributed by atoms with Gasteiger partial charge in [0.1, 0.15) is 0 Å². The number of ether oxygens (including phenoxy) is 1. The first-order chi connectivity index (χ1) is 9.69. The van der Waals surface area contributed by atoms with Gasteiger partial charge in [0.2, 0.25) is 0 Å². The standard InChI is InChI=1S/C17H34N2O/c1-4-17(5-2)8-11-19(12-9-17)13-10-18-15(3)16-7-6-14-20-16/h15-16,18H,4-14H2,1-3H3. The lowest BCUT2D eigenvalue weighted by Crippen LogP contribution is -2.45. The summed E-state index contributed by atoms with van der Waals surface area (Å²) in [6.45, 7) is 12.8. The van der Waals surface area contributed by atoms with Crippen LogP contribution in [0.25, 0.3) is 0 Å². The van der Waals surface area contributed by atoms with Crippen LogP contribution >= 0.6 is 0 Å². The summed E-state index contributed by atoms with van der Waals surface area (Å²) >= 11 is 0. The van der Waals surface area contributed by atoms with E-state index in [1.165, 1.54) is 58.2 Å². The molecule has 2 aliphatic rings. The van der Waals surface area contributed by atoms with Crippen LogP contribution in [-0.4, -0.2) is 49.8 Å². The molecule has 3 heteroatoms. The Balaban J connectivity index is 1.61. The summed E-state index contributed by atoms with van der Waals surface area (Å²) in [7, 11) is 0. The van der Waals surface area contributed by atoms with E-state index < -0.39 is 0 Å². The van der Waals surface area contributed by atoms with Gasteiger partial charge in [0.05, 0.1) is 6.10 Å². The molecule has 1 N–H and O–H groups in total. The molecule has 3 nitrogen and oxygen atoms in total. The molecule has 0 aromatic heterocycles. The molecule has 0 amide bonds. The van der Waals surface area contributed by atoms with Gasteiger partial charge in [-0.05, 0) is 51.1 Å². The highest BCUT2D eigenvalue weighted by molar-refractivity contribution is 4.84. The van der Waals surface area contributed by atoms with Gasteiger partial charge in [0.25, 0.3) is 0 Å². The molecule has 0 saturated carbocycles.